The van der Waals surface area contributed by atoms with Gasteiger partial charge in [-0.15, -0.1) is 0 Å². The van der Waals surface area contributed by atoms with Gasteiger partial charge in [0.1, 0.15) is 0 Å². The van der Waals surface area contributed by atoms with Crippen LogP contribution in [0.1, 0.15) is 27.7 Å². The minimum atomic E-state index is -0.144. The standard InChI is InChI=1S/C12H24N2O3/c1-7(2)11-10(9(4)14-17-11)12(15)13-8(3)6-16-5/h7-11,14H,6H2,1-5H3,(H,13,15)/t8-,9?,10?,11?/m1/s1. The van der Waals surface area contributed by atoms with Gasteiger partial charge in [-0.25, -0.2) is 0 Å². The number of amides is 1. The van der Waals surface area contributed by atoms with Crippen molar-refractivity contribution in [1.82, 2.24) is 10.8 Å². The molecule has 5 nitrogen and oxygen atoms in total. The molecule has 1 aliphatic heterocycles. The highest BCUT2D eigenvalue weighted by molar-refractivity contribution is 5.80. The Hall–Kier alpha value is -0.650. The van der Waals surface area contributed by atoms with E-state index >= 15 is 0 Å². The summed E-state index contributed by atoms with van der Waals surface area (Å²) in [5.41, 5.74) is 2.90. The smallest absolute Gasteiger partial charge is 0.227 e. The summed E-state index contributed by atoms with van der Waals surface area (Å²) in [6.45, 7) is 8.53. The van der Waals surface area contributed by atoms with Crippen LogP contribution >= 0.6 is 0 Å². The zero-order chi connectivity index (χ0) is 13.0. The third-order valence-electron chi connectivity index (χ3n) is 3.05. The van der Waals surface area contributed by atoms with Crippen LogP contribution in [0.2, 0.25) is 0 Å². The molecule has 3 unspecified atom stereocenters. The second kappa shape index (κ2) is 6.33. The highest BCUT2D eigenvalue weighted by Crippen LogP contribution is 2.25. The molecule has 0 radical (unpaired) electrons. The number of nitrogens with one attached hydrogen (secondary N) is 2. The van der Waals surface area contributed by atoms with Crippen molar-refractivity contribution in [3.05, 3.63) is 0 Å². The summed E-state index contributed by atoms with van der Waals surface area (Å²) in [5, 5.41) is 2.95. The van der Waals surface area contributed by atoms with Crippen LogP contribution in [-0.2, 0) is 14.4 Å². The maximum Gasteiger partial charge on any atom is 0.227 e. The average molecular weight is 244 g/mol. The van der Waals surface area contributed by atoms with Crippen molar-refractivity contribution in [3.63, 3.8) is 0 Å². The van der Waals surface area contributed by atoms with Crippen molar-refractivity contribution in [1.29, 1.82) is 0 Å². The molecule has 0 spiro atoms. The molecule has 5 heteroatoms. The van der Waals surface area contributed by atoms with E-state index in [-0.39, 0.29) is 30.0 Å². The third-order valence-corrected chi connectivity index (χ3v) is 3.05. The molecule has 0 aromatic heterocycles. The van der Waals surface area contributed by atoms with Crippen molar-refractivity contribution in [3.8, 4) is 0 Å². The number of rotatable bonds is 5. The van der Waals surface area contributed by atoms with Gasteiger partial charge in [0.05, 0.1) is 18.6 Å². The Bertz CT molecular complexity index is 258. The second-order valence-electron chi connectivity index (χ2n) is 5.12. The van der Waals surface area contributed by atoms with E-state index in [1.165, 1.54) is 0 Å². The number of ether oxygens (including phenoxy) is 1. The fraction of sp³-hybridized carbons (Fsp3) is 0.917. The van der Waals surface area contributed by atoms with Gasteiger partial charge in [0.2, 0.25) is 5.91 Å². The predicted molar refractivity (Wildman–Crippen MR) is 65.3 cm³/mol. The first-order valence-corrected chi connectivity index (χ1v) is 6.17. The Morgan fingerprint density at radius 3 is 2.65 bits per heavy atom. The monoisotopic (exact) mass is 244 g/mol. The van der Waals surface area contributed by atoms with Gasteiger partial charge in [-0.1, -0.05) is 13.8 Å². The van der Waals surface area contributed by atoms with Gasteiger partial charge in [-0.2, -0.15) is 5.48 Å². The Balaban J connectivity index is 2.59. The highest BCUT2D eigenvalue weighted by atomic mass is 16.7. The minimum absolute atomic E-state index is 0.0214. The van der Waals surface area contributed by atoms with Gasteiger partial charge in [-0.3, -0.25) is 9.63 Å². The van der Waals surface area contributed by atoms with Crippen LogP contribution in [0, 0.1) is 11.8 Å². The minimum Gasteiger partial charge on any atom is -0.383 e. The fourth-order valence-corrected chi connectivity index (χ4v) is 2.17. The zero-order valence-electron chi connectivity index (χ0n) is 11.3. The van der Waals surface area contributed by atoms with Gasteiger partial charge < -0.3 is 10.1 Å². The summed E-state index contributed by atoms with van der Waals surface area (Å²) < 4.78 is 5.01. The summed E-state index contributed by atoms with van der Waals surface area (Å²) >= 11 is 0. The van der Waals surface area contributed by atoms with Crippen molar-refractivity contribution < 1.29 is 14.4 Å². The van der Waals surface area contributed by atoms with Gasteiger partial charge >= 0.3 is 0 Å². The number of carbonyl (C=O) groups excluding carboxylic acids is 1. The summed E-state index contributed by atoms with van der Waals surface area (Å²) in [6.07, 6.45) is -0.0697. The second-order valence-corrected chi connectivity index (χ2v) is 5.12. The van der Waals surface area contributed by atoms with Gasteiger partial charge in [0, 0.05) is 19.2 Å². The first kappa shape index (κ1) is 14.4. The van der Waals surface area contributed by atoms with Crippen molar-refractivity contribution in [2.75, 3.05) is 13.7 Å². The van der Waals surface area contributed by atoms with Crippen molar-refractivity contribution >= 4 is 5.91 Å². The molecule has 17 heavy (non-hydrogen) atoms. The van der Waals surface area contributed by atoms with E-state index in [1.807, 2.05) is 13.8 Å². The first-order chi connectivity index (χ1) is 7.97. The molecule has 0 saturated carbocycles. The summed E-state index contributed by atoms with van der Waals surface area (Å²) in [6, 6.07) is 0.0604. The molecule has 1 amide bonds. The molecule has 1 rings (SSSR count). The highest BCUT2D eigenvalue weighted by Gasteiger charge is 2.41. The topological polar surface area (TPSA) is 59.6 Å². The van der Waals surface area contributed by atoms with E-state index in [0.717, 1.165) is 0 Å². The van der Waals surface area contributed by atoms with Crippen LogP contribution in [-0.4, -0.2) is 37.8 Å². The van der Waals surface area contributed by atoms with E-state index in [4.69, 9.17) is 9.57 Å². The lowest BCUT2D eigenvalue weighted by Crippen LogP contribution is -2.46. The Kier molecular flexibility index (Phi) is 5.36. The van der Waals surface area contributed by atoms with E-state index in [9.17, 15) is 4.79 Å². The van der Waals surface area contributed by atoms with Crippen LogP contribution in [0.3, 0.4) is 0 Å². The summed E-state index contributed by atoms with van der Waals surface area (Å²) in [7, 11) is 1.63. The average Bonchev–Trinajstić information content (AvgIpc) is 2.60. The molecule has 0 aromatic rings. The lowest BCUT2D eigenvalue weighted by Gasteiger charge is -2.23. The molecule has 0 aromatic carbocycles. The fourth-order valence-electron chi connectivity index (χ4n) is 2.17. The van der Waals surface area contributed by atoms with E-state index in [2.05, 4.69) is 24.6 Å². The molecule has 1 saturated heterocycles. The Labute approximate surface area is 103 Å². The zero-order valence-corrected chi connectivity index (χ0v) is 11.3. The van der Waals surface area contributed by atoms with Crippen LogP contribution in [0.5, 0.6) is 0 Å². The molecule has 100 valence electrons. The SMILES string of the molecule is COC[C@@H](C)NC(=O)C1C(C)NOC1C(C)C. The number of carbonyl (C=O) groups is 1. The predicted octanol–water partition coefficient (Wildman–Crippen LogP) is 0.702. The van der Waals surface area contributed by atoms with E-state index in [1.54, 1.807) is 7.11 Å². The van der Waals surface area contributed by atoms with Crippen LogP contribution in [0.4, 0.5) is 0 Å². The molecule has 2 N–H and O–H groups in total. The number of hydrogen-bond acceptors (Lipinski definition) is 4. The van der Waals surface area contributed by atoms with Gasteiger partial charge in [0.15, 0.2) is 0 Å². The van der Waals surface area contributed by atoms with Crippen LogP contribution in [0.15, 0.2) is 0 Å². The van der Waals surface area contributed by atoms with Gasteiger partial charge in [-0.05, 0) is 19.8 Å². The lowest BCUT2D eigenvalue weighted by atomic mass is 9.88. The Morgan fingerprint density at radius 1 is 1.47 bits per heavy atom. The lowest BCUT2D eigenvalue weighted by molar-refractivity contribution is -0.128. The number of hydroxylamine groups is 1. The van der Waals surface area contributed by atoms with Crippen molar-refractivity contribution in [2.24, 2.45) is 11.8 Å². The molecule has 1 fully saturated rings. The van der Waals surface area contributed by atoms with Crippen molar-refractivity contribution in [2.45, 2.75) is 45.9 Å². The largest absolute Gasteiger partial charge is 0.383 e. The molecule has 4 atom stereocenters. The first-order valence-electron chi connectivity index (χ1n) is 6.17. The Morgan fingerprint density at radius 2 is 2.12 bits per heavy atom. The molecule has 1 heterocycles. The molecular formula is C12H24N2O3. The number of methoxy groups -OCH3 is 1. The quantitative estimate of drug-likeness (QED) is 0.747. The third kappa shape index (κ3) is 3.66. The maximum atomic E-state index is 12.2. The molecular weight excluding hydrogens is 220 g/mol. The normalized spacial score (nSPS) is 30.6. The molecule has 1 aliphatic rings. The summed E-state index contributed by atoms with van der Waals surface area (Å²) in [4.78, 5) is 17.6. The molecule has 0 bridgehead atoms. The number of hydrogen-bond donors (Lipinski definition) is 2. The maximum absolute atomic E-state index is 12.2. The summed E-state index contributed by atoms with van der Waals surface area (Å²) in [5.74, 6) is 0.195. The molecule has 0 aliphatic carbocycles. The van der Waals surface area contributed by atoms with Crippen LogP contribution < -0.4 is 10.8 Å². The van der Waals surface area contributed by atoms with E-state index < -0.39 is 0 Å². The van der Waals surface area contributed by atoms with E-state index in [0.29, 0.717) is 12.5 Å². The van der Waals surface area contributed by atoms with Gasteiger partial charge in [0.25, 0.3) is 0 Å². The van der Waals surface area contributed by atoms with Crippen LogP contribution in [0.25, 0.3) is 0 Å².